The van der Waals surface area contributed by atoms with Gasteiger partial charge in [0.1, 0.15) is 0 Å². The molecular formula is C15H19ClN2O2. The SMILES string of the molecule is O=C(O)CC1CCCC2NNC(c3cccc(Cl)c3)C12. The molecule has 1 aliphatic carbocycles. The summed E-state index contributed by atoms with van der Waals surface area (Å²) in [6.45, 7) is 0. The molecule has 5 heteroatoms. The Balaban J connectivity index is 1.86. The summed E-state index contributed by atoms with van der Waals surface area (Å²) >= 11 is 6.08. The lowest BCUT2D eigenvalue weighted by Gasteiger charge is -2.35. The Morgan fingerprint density at radius 1 is 1.35 bits per heavy atom. The zero-order valence-corrected chi connectivity index (χ0v) is 11.9. The number of fused-ring (bicyclic) bond motifs is 1. The fraction of sp³-hybridized carbons (Fsp3) is 0.533. The number of carbonyl (C=O) groups is 1. The van der Waals surface area contributed by atoms with Crippen LogP contribution in [0.25, 0.3) is 0 Å². The van der Waals surface area contributed by atoms with Gasteiger partial charge in [0.2, 0.25) is 0 Å². The maximum Gasteiger partial charge on any atom is 0.303 e. The third-order valence-electron chi connectivity index (χ3n) is 4.55. The topological polar surface area (TPSA) is 61.4 Å². The van der Waals surface area contributed by atoms with E-state index in [1.54, 1.807) is 0 Å². The highest BCUT2D eigenvalue weighted by Gasteiger charge is 2.44. The van der Waals surface area contributed by atoms with Crippen LogP contribution in [0.5, 0.6) is 0 Å². The summed E-state index contributed by atoms with van der Waals surface area (Å²) in [6.07, 6.45) is 3.44. The molecule has 108 valence electrons. The summed E-state index contributed by atoms with van der Waals surface area (Å²) < 4.78 is 0. The predicted molar refractivity (Wildman–Crippen MR) is 77.3 cm³/mol. The highest BCUT2D eigenvalue weighted by molar-refractivity contribution is 6.30. The third kappa shape index (κ3) is 2.68. The molecular weight excluding hydrogens is 276 g/mol. The molecule has 2 fully saturated rings. The molecule has 1 heterocycles. The number of hydrogen-bond donors (Lipinski definition) is 3. The fourth-order valence-electron chi connectivity index (χ4n) is 3.75. The molecule has 0 radical (unpaired) electrons. The number of hydrogen-bond acceptors (Lipinski definition) is 3. The molecule has 2 aliphatic rings. The Hall–Kier alpha value is -1.10. The second kappa shape index (κ2) is 5.72. The van der Waals surface area contributed by atoms with E-state index >= 15 is 0 Å². The average molecular weight is 295 g/mol. The van der Waals surface area contributed by atoms with Crippen molar-refractivity contribution >= 4 is 17.6 Å². The highest BCUT2D eigenvalue weighted by Crippen LogP contribution is 2.43. The highest BCUT2D eigenvalue weighted by atomic mass is 35.5. The number of benzene rings is 1. The van der Waals surface area contributed by atoms with Gasteiger partial charge in [-0.3, -0.25) is 10.2 Å². The molecule has 1 aromatic carbocycles. The van der Waals surface area contributed by atoms with E-state index in [-0.39, 0.29) is 18.4 Å². The number of carboxylic acids is 1. The lowest BCUT2D eigenvalue weighted by Crippen LogP contribution is -2.37. The van der Waals surface area contributed by atoms with E-state index in [0.29, 0.717) is 12.0 Å². The Bertz CT molecular complexity index is 508. The van der Waals surface area contributed by atoms with Crippen molar-refractivity contribution in [1.82, 2.24) is 10.9 Å². The van der Waals surface area contributed by atoms with E-state index in [2.05, 4.69) is 16.9 Å². The molecule has 3 rings (SSSR count). The van der Waals surface area contributed by atoms with Crippen molar-refractivity contribution < 1.29 is 9.90 Å². The first-order valence-corrected chi connectivity index (χ1v) is 7.51. The molecule has 0 spiro atoms. The molecule has 3 N–H and O–H groups in total. The van der Waals surface area contributed by atoms with Gasteiger partial charge in [0.05, 0.1) is 6.04 Å². The first-order chi connectivity index (χ1) is 9.65. The van der Waals surface area contributed by atoms with Crippen LogP contribution >= 0.6 is 11.6 Å². The number of nitrogens with one attached hydrogen (secondary N) is 2. The van der Waals surface area contributed by atoms with E-state index < -0.39 is 5.97 Å². The van der Waals surface area contributed by atoms with Gasteiger partial charge in [-0.1, -0.05) is 30.2 Å². The van der Waals surface area contributed by atoms with Crippen LogP contribution in [0.1, 0.15) is 37.3 Å². The monoisotopic (exact) mass is 294 g/mol. The van der Waals surface area contributed by atoms with Gasteiger partial charge in [0.15, 0.2) is 0 Å². The molecule has 1 saturated carbocycles. The van der Waals surface area contributed by atoms with Crippen LogP contribution in [-0.4, -0.2) is 17.1 Å². The van der Waals surface area contributed by atoms with Gasteiger partial charge in [0, 0.05) is 17.5 Å². The minimum Gasteiger partial charge on any atom is -0.481 e. The molecule has 0 amide bonds. The van der Waals surface area contributed by atoms with Crippen molar-refractivity contribution in [2.75, 3.05) is 0 Å². The summed E-state index contributed by atoms with van der Waals surface area (Å²) in [4.78, 5) is 11.1. The number of carboxylic acid groups (broad SMARTS) is 1. The lowest BCUT2D eigenvalue weighted by molar-refractivity contribution is -0.138. The van der Waals surface area contributed by atoms with Crippen LogP contribution in [0.4, 0.5) is 0 Å². The molecule has 0 bridgehead atoms. The van der Waals surface area contributed by atoms with Gasteiger partial charge in [0.25, 0.3) is 0 Å². The van der Waals surface area contributed by atoms with Crippen LogP contribution in [0, 0.1) is 11.8 Å². The first-order valence-electron chi connectivity index (χ1n) is 7.13. The minimum absolute atomic E-state index is 0.142. The van der Waals surface area contributed by atoms with Gasteiger partial charge in [-0.25, -0.2) is 5.43 Å². The zero-order valence-electron chi connectivity index (χ0n) is 11.2. The summed E-state index contributed by atoms with van der Waals surface area (Å²) in [5, 5.41) is 9.85. The van der Waals surface area contributed by atoms with E-state index in [1.165, 1.54) is 0 Å². The molecule has 1 aliphatic heterocycles. The van der Waals surface area contributed by atoms with Gasteiger partial charge in [-0.05, 0) is 42.4 Å². The maximum absolute atomic E-state index is 11.1. The predicted octanol–water partition coefficient (Wildman–Crippen LogP) is 2.75. The third-order valence-corrected chi connectivity index (χ3v) is 4.79. The molecule has 0 aromatic heterocycles. The van der Waals surface area contributed by atoms with Crippen molar-refractivity contribution in [3.63, 3.8) is 0 Å². The second-order valence-corrected chi connectivity index (χ2v) is 6.23. The van der Waals surface area contributed by atoms with Crippen molar-refractivity contribution in [1.29, 1.82) is 0 Å². The van der Waals surface area contributed by atoms with Crippen LogP contribution in [-0.2, 0) is 4.79 Å². The van der Waals surface area contributed by atoms with Gasteiger partial charge < -0.3 is 5.11 Å². The molecule has 4 atom stereocenters. The van der Waals surface area contributed by atoms with Gasteiger partial charge in [-0.15, -0.1) is 0 Å². The summed E-state index contributed by atoms with van der Waals surface area (Å²) in [5.41, 5.74) is 7.82. The Kier molecular flexibility index (Phi) is 3.96. The molecule has 4 nitrogen and oxygen atoms in total. The Morgan fingerprint density at radius 2 is 2.20 bits per heavy atom. The van der Waals surface area contributed by atoms with Crippen LogP contribution in [0.3, 0.4) is 0 Å². The molecule has 1 aromatic rings. The van der Waals surface area contributed by atoms with E-state index in [9.17, 15) is 4.79 Å². The minimum atomic E-state index is -0.701. The smallest absolute Gasteiger partial charge is 0.303 e. The van der Waals surface area contributed by atoms with Crippen LogP contribution < -0.4 is 10.9 Å². The molecule has 1 saturated heterocycles. The molecule has 4 unspecified atom stereocenters. The van der Waals surface area contributed by atoms with Crippen LogP contribution in [0.15, 0.2) is 24.3 Å². The van der Waals surface area contributed by atoms with Crippen molar-refractivity contribution in [2.45, 2.75) is 37.8 Å². The Labute approximate surface area is 123 Å². The number of aliphatic carboxylic acids is 1. The lowest BCUT2D eigenvalue weighted by atomic mass is 9.71. The fourth-order valence-corrected chi connectivity index (χ4v) is 3.95. The van der Waals surface area contributed by atoms with Crippen molar-refractivity contribution in [2.24, 2.45) is 11.8 Å². The second-order valence-electron chi connectivity index (χ2n) is 5.79. The van der Waals surface area contributed by atoms with E-state index in [4.69, 9.17) is 16.7 Å². The average Bonchev–Trinajstić information content (AvgIpc) is 2.83. The largest absolute Gasteiger partial charge is 0.481 e. The first kappa shape index (κ1) is 13.9. The summed E-state index contributed by atoms with van der Waals surface area (Å²) in [5.74, 6) is -0.163. The van der Waals surface area contributed by atoms with Gasteiger partial charge in [-0.2, -0.15) is 0 Å². The quantitative estimate of drug-likeness (QED) is 0.802. The summed E-state index contributed by atoms with van der Waals surface area (Å²) in [7, 11) is 0. The van der Waals surface area contributed by atoms with Crippen LogP contribution in [0.2, 0.25) is 5.02 Å². The number of halogens is 1. The zero-order chi connectivity index (χ0) is 14.1. The Morgan fingerprint density at radius 3 is 2.95 bits per heavy atom. The molecule has 20 heavy (non-hydrogen) atoms. The standard InChI is InChI=1S/C15H19ClN2O2/c16-11-5-1-4-10(7-11)15-14-9(8-13(19)20)3-2-6-12(14)17-18-15/h1,4-5,7,9,12,14-15,17-18H,2-3,6,8H2,(H,19,20). The van der Waals surface area contributed by atoms with E-state index in [1.807, 2.05) is 18.2 Å². The summed E-state index contributed by atoms with van der Waals surface area (Å²) in [6, 6.07) is 8.33. The number of rotatable bonds is 3. The normalized spacial score (nSPS) is 32.9. The van der Waals surface area contributed by atoms with E-state index in [0.717, 1.165) is 29.8 Å². The van der Waals surface area contributed by atoms with Crippen molar-refractivity contribution in [3.05, 3.63) is 34.9 Å². The maximum atomic E-state index is 11.1. The number of hydrazine groups is 1. The van der Waals surface area contributed by atoms with Gasteiger partial charge >= 0.3 is 5.97 Å². The van der Waals surface area contributed by atoms with Crippen molar-refractivity contribution in [3.8, 4) is 0 Å².